The maximum atomic E-state index is 13.9. The first-order valence-electron chi connectivity index (χ1n) is 6.22. The van der Waals surface area contributed by atoms with E-state index in [0.717, 1.165) is 12.5 Å². The molecule has 1 aliphatic rings. The first-order valence-corrected chi connectivity index (χ1v) is 6.22. The number of halogens is 1. The molecular weight excluding hydrogens is 249 g/mol. The normalized spacial score (nSPS) is 23.1. The number of primary amides is 1. The van der Waals surface area contributed by atoms with Gasteiger partial charge in [0.05, 0.1) is 17.9 Å². The fraction of sp³-hybridized carbons (Fsp3) is 0.462. The molecule has 104 valence electrons. The van der Waals surface area contributed by atoms with Gasteiger partial charge in [0.1, 0.15) is 5.82 Å². The van der Waals surface area contributed by atoms with Crippen LogP contribution in [0.5, 0.6) is 0 Å². The molecule has 2 atom stereocenters. The van der Waals surface area contributed by atoms with Crippen molar-refractivity contribution in [3.8, 4) is 0 Å². The van der Waals surface area contributed by atoms with Crippen LogP contribution in [-0.4, -0.2) is 25.2 Å². The molecule has 0 spiro atoms. The summed E-state index contributed by atoms with van der Waals surface area (Å²) in [6, 6.07) is 2.59. The number of amides is 1. The van der Waals surface area contributed by atoms with Crippen LogP contribution < -0.4 is 16.8 Å². The molecule has 6 heteroatoms. The minimum atomic E-state index is -0.666. The number of anilines is 2. The van der Waals surface area contributed by atoms with Crippen molar-refractivity contribution in [2.75, 3.05) is 24.3 Å². The Bertz CT molecular complexity index is 493. The summed E-state index contributed by atoms with van der Waals surface area (Å²) >= 11 is 0. The number of benzene rings is 1. The molecule has 1 fully saturated rings. The third kappa shape index (κ3) is 2.96. The molecule has 0 aromatic heterocycles. The molecule has 19 heavy (non-hydrogen) atoms. The molecule has 0 radical (unpaired) electrons. The van der Waals surface area contributed by atoms with Gasteiger partial charge in [-0.3, -0.25) is 4.79 Å². The van der Waals surface area contributed by atoms with Gasteiger partial charge in [-0.2, -0.15) is 0 Å². The Hall–Kier alpha value is -1.82. The molecule has 2 rings (SSSR count). The average Bonchev–Trinajstić information content (AvgIpc) is 2.34. The lowest BCUT2D eigenvalue weighted by Gasteiger charge is -2.30. The zero-order valence-electron chi connectivity index (χ0n) is 10.8. The molecule has 0 saturated carbocycles. The monoisotopic (exact) mass is 267 g/mol. The number of hydrogen-bond donors (Lipinski definition) is 3. The Morgan fingerprint density at radius 3 is 2.89 bits per heavy atom. The van der Waals surface area contributed by atoms with Crippen LogP contribution in [0.25, 0.3) is 0 Å². The third-order valence-electron chi connectivity index (χ3n) is 3.39. The lowest BCUT2D eigenvalue weighted by atomic mass is 9.97. The van der Waals surface area contributed by atoms with E-state index in [-0.39, 0.29) is 28.9 Å². The summed E-state index contributed by atoms with van der Waals surface area (Å²) in [6.07, 6.45) is 0.789. The molecule has 0 bridgehead atoms. The maximum Gasteiger partial charge on any atom is 0.250 e. The quantitative estimate of drug-likeness (QED) is 0.721. The third-order valence-corrected chi connectivity index (χ3v) is 3.39. The first kappa shape index (κ1) is 13.6. The van der Waals surface area contributed by atoms with Crippen LogP contribution in [0.2, 0.25) is 0 Å². The van der Waals surface area contributed by atoms with Crippen molar-refractivity contribution >= 4 is 17.3 Å². The Balaban J connectivity index is 2.24. The van der Waals surface area contributed by atoms with Crippen LogP contribution >= 0.6 is 0 Å². The minimum absolute atomic E-state index is 0.0515. The zero-order valence-corrected chi connectivity index (χ0v) is 10.8. The van der Waals surface area contributed by atoms with Gasteiger partial charge in [0.2, 0.25) is 0 Å². The number of hydrogen-bond acceptors (Lipinski definition) is 4. The van der Waals surface area contributed by atoms with Crippen molar-refractivity contribution in [3.63, 3.8) is 0 Å². The Labute approximate surface area is 111 Å². The van der Waals surface area contributed by atoms with E-state index in [9.17, 15) is 9.18 Å². The Morgan fingerprint density at radius 1 is 1.53 bits per heavy atom. The molecule has 1 amide bonds. The van der Waals surface area contributed by atoms with Gasteiger partial charge in [0.25, 0.3) is 5.91 Å². The molecule has 1 saturated heterocycles. The van der Waals surface area contributed by atoms with E-state index in [2.05, 4.69) is 5.32 Å². The number of rotatable bonds is 3. The largest absolute Gasteiger partial charge is 0.398 e. The van der Waals surface area contributed by atoms with Gasteiger partial charge >= 0.3 is 0 Å². The number of carbonyl (C=O) groups excluding carboxylic acids is 1. The molecule has 0 aliphatic carbocycles. The van der Waals surface area contributed by atoms with Crippen molar-refractivity contribution < 1.29 is 13.9 Å². The van der Waals surface area contributed by atoms with Gasteiger partial charge in [-0.15, -0.1) is 0 Å². The second-order valence-electron chi connectivity index (χ2n) is 4.88. The van der Waals surface area contributed by atoms with Crippen LogP contribution in [0, 0.1) is 11.7 Å². The topological polar surface area (TPSA) is 90.4 Å². The Morgan fingerprint density at radius 2 is 2.26 bits per heavy atom. The summed E-state index contributed by atoms with van der Waals surface area (Å²) in [5.74, 6) is -0.885. The summed E-state index contributed by atoms with van der Waals surface area (Å²) in [7, 11) is 0. The summed E-state index contributed by atoms with van der Waals surface area (Å²) < 4.78 is 19.2. The van der Waals surface area contributed by atoms with Crippen molar-refractivity contribution in [2.24, 2.45) is 11.7 Å². The van der Waals surface area contributed by atoms with Crippen molar-refractivity contribution in [1.29, 1.82) is 0 Å². The molecule has 5 N–H and O–H groups in total. The van der Waals surface area contributed by atoms with E-state index in [4.69, 9.17) is 16.2 Å². The zero-order chi connectivity index (χ0) is 14.0. The second-order valence-corrected chi connectivity index (χ2v) is 4.88. The highest BCUT2D eigenvalue weighted by molar-refractivity contribution is 5.99. The SMILES string of the molecule is CC1COCCC1Nc1cc(C(N)=O)c(N)cc1F. The fourth-order valence-corrected chi connectivity index (χ4v) is 2.21. The van der Waals surface area contributed by atoms with Crippen molar-refractivity contribution in [2.45, 2.75) is 19.4 Å². The van der Waals surface area contributed by atoms with E-state index < -0.39 is 11.7 Å². The molecular formula is C13H18FN3O2. The first-order chi connectivity index (χ1) is 8.99. The number of nitrogens with two attached hydrogens (primary N) is 2. The number of nitrogen functional groups attached to an aromatic ring is 1. The number of carbonyl (C=O) groups is 1. The Kier molecular flexibility index (Phi) is 3.90. The van der Waals surface area contributed by atoms with Crippen LogP contribution in [0.4, 0.5) is 15.8 Å². The summed E-state index contributed by atoms with van der Waals surface area (Å²) in [6.45, 7) is 3.30. The highest BCUT2D eigenvalue weighted by atomic mass is 19.1. The van der Waals surface area contributed by atoms with E-state index >= 15 is 0 Å². The van der Waals surface area contributed by atoms with E-state index in [0.29, 0.717) is 13.2 Å². The van der Waals surface area contributed by atoms with Crippen LogP contribution in [-0.2, 0) is 4.74 Å². The van der Waals surface area contributed by atoms with Gasteiger partial charge in [0, 0.05) is 18.3 Å². The average molecular weight is 267 g/mol. The summed E-state index contributed by atoms with van der Waals surface area (Å²) in [4.78, 5) is 11.2. The van der Waals surface area contributed by atoms with E-state index in [1.807, 2.05) is 6.92 Å². The minimum Gasteiger partial charge on any atom is -0.398 e. The highest BCUT2D eigenvalue weighted by Crippen LogP contribution is 2.25. The predicted molar refractivity (Wildman–Crippen MR) is 71.3 cm³/mol. The van der Waals surface area contributed by atoms with Gasteiger partial charge in [-0.1, -0.05) is 6.92 Å². The standard InChI is InChI=1S/C13H18FN3O2/c1-7-6-19-3-2-11(7)17-12-4-8(13(16)18)10(15)5-9(12)14/h4-5,7,11,17H,2-3,6,15H2,1H3,(H2,16,18). The molecule has 2 unspecified atom stereocenters. The van der Waals surface area contributed by atoms with Gasteiger partial charge in [0.15, 0.2) is 0 Å². The van der Waals surface area contributed by atoms with Crippen molar-refractivity contribution in [3.05, 3.63) is 23.5 Å². The number of ether oxygens (including phenoxy) is 1. The van der Waals surface area contributed by atoms with Gasteiger partial charge in [-0.25, -0.2) is 4.39 Å². The summed E-state index contributed by atoms with van der Waals surface area (Å²) in [5.41, 5.74) is 11.2. The van der Waals surface area contributed by atoms with Crippen LogP contribution in [0.15, 0.2) is 12.1 Å². The smallest absolute Gasteiger partial charge is 0.250 e. The van der Waals surface area contributed by atoms with Gasteiger partial charge in [-0.05, 0) is 24.5 Å². The molecule has 1 aromatic rings. The predicted octanol–water partition coefficient (Wildman–Crippen LogP) is 1.34. The molecule has 1 aromatic carbocycles. The second kappa shape index (κ2) is 5.44. The van der Waals surface area contributed by atoms with E-state index in [1.54, 1.807) is 0 Å². The molecule has 5 nitrogen and oxygen atoms in total. The van der Waals surface area contributed by atoms with Crippen LogP contribution in [0.1, 0.15) is 23.7 Å². The van der Waals surface area contributed by atoms with E-state index in [1.165, 1.54) is 6.07 Å². The lowest BCUT2D eigenvalue weighted by Crippen LogP contribution is -2.36. The number of nitrogens with one attached hydrogen (secondary N) is 1. The van der Waals surface area contributed by atoms with Crippen molar-refractivity contribution in [1.82, 2.24) is 0 Å². The van der Waals surface area contributed by atoms with Gasteiger partial charge < -0.3 is 21.5 Å². The molecule has 1 heterocycles. The highest BCUT2D eigenvalue weighted by Gasteiger charge is 2.23. The lowest BCUT2D eigenvalue weighted by molar-refractivity contribution is 0.0537. The fourth-order valence-electron chi connectivity index (χ4n) is 2.21. The van der Waals surface area contributed by atoms with Crippen LogP contribution in [0.3, 0.4) is 0 Å². The maximum absolute atomic E-state index is 13.9. The summed E-state index contributed by atoms with van der Waals surface area (Å²) in [5, 5.41) is 3.10. The molecule has 1 aliphatic heterocycles.